The van der Waals surface area contributed by atoms with E-state index < -0.39 is 5.91 Å². The van der Waals surface area contributed by atoms with Crippen LogP contribution in [0.2, 0.25) is 0 Å². The summed E-state index contributed by atoms with van der Waals surface area (Å²) in [6.07, 6.45) is 4.91. The Morgan fingerprint density at radius 1 is 1.26 bits per heavy atom. The van der Waals surface area contributed by atoms with Crippen molar-refractivity contribution in [2.24, 2.45) is 5.73 Å². The SMILES string of the molecule is CSCc1ccc(C(=O)Nc2sc3c(c2C(N)=O)CCC3)cc1. The molecule has 3 N–H and O–H groups in total. The first-order valence-electron chi connectivity index (χ1n) is 7.43. The number of anilines is 1. The lowest BCUT2D eigenvalue weighted by Gasteiger charge is -2.07. The Bertz CT molecular complexity index is 751. The lowest BCUT2D eigenvalue weighted by molar-refractivity contribution is 0.100. The number of thioether (sulfide) groups is 1. The Balaban J connectivity index is 1.82. The number of carbonyl (C=O) groups is 2. The van der Waals surface area contributed by atoms with E-state index in [0.717, 1.165) is 30.6 Å². The molecule has 1 aliphatic carbocycles. The molecule has 0 radical (unpaired) electrons. The third-order valence-corrected chi connectivity index (χ3v) is 5.75. The average molecular weight is 346 g/mol. The van der Waals surface area contributed by atoms with Gasteiger partial charge in [-0.2, -0.15) is 11.8 Å². The Morgan fingerprint density at radius 2 is 2.00 bits per heavy atom. The second kappa shape index (κ2) is 6.76. The van der Waals surface area contributed by atoms with E-state index in [1.807, 2.05) is 30.5 Å². The molecule has 4 nitrogen and oxygen atoms in total. The first-order valence-corrected chi connectivity index (χ1v) is 9.64. The molecule has 2 amide bonds. The fraction of sp³-hybridized carbons (Fsp3) is 0.294. The molecule has 1 aromatic heterocycles. The molecule has 2 aromatic rings. The van der Waals surface area contributed by atoms with Crippen LogP contribution in [0.25, 0.3) is 0 Å². The van der Waals surface area contributed by atoms with Crippen LogP contribution < -0.4 is 11.1 Å². The molecule has 0 saturated carbocycles. The molecule has 0 saturated heterocycles. The van der Waals surface area contributed by atoms with Crippen LogP contribution in [-0.2, 0) is 18.6 Å². The smallest absolute Gasteiger partial charge is 0.256 e. The van der Waals surface area contributed by atoms with Gasteiger partial charge >= 0.3 is 0 Å². The molecular weight excluding hydrogens is 328 g/mol. The van der Waals surface area contributed by atoms with Gasteiger partial charge in [0.25, 0.3) is 11.8 Å². The summed E-state index contributed by atoms with van der Waals surface area (Å²) >= 11 is 3.21. The number of hydrogen-bond donors (Lipinski definition) is 2. The molecule has 0 bridgehead atoms. The summed E-state index contributed by atoms with van der Waals surface area (Å²) in [6, 6.07) is 7.53. The van der Waals surface area contributed by atoms with Crippen LogP contribution >= 0.6 is 23.1 Å². The highest BCUT2D eigenvalue weighted by molar-refractivity contribution is 7.97. The minimum atomic E-state index is -0.463. The molecule has 120 valence electrons. The third-order valence-electron chi connectivity index (χ3n) is 3.92. The van der Waals surface area contributed by atoms with Crippen LogP contribution in [0.4, 0.5) is 5.00 Å². The van der Waals surface area contributed by atoms with Gasteiger partial charge in [0.05, 0.1) is 5.56 Å². The number of fused-ring (bicyclic) bond motifs is 1. The van der Waals surface area contributed by atoms with E-state index >= 15 is 0 Å². The van der Waals surface area contributed by atoms with Crippen LogP contribution in [0, 0.1) is 0 Å². The zero-order valence-corrected chi connectivity index (χ0v) is 14.5. The Labute approximate surface area is 143 Å². The number of thiophene rings is 1. The van der Waals surface area contributed by atoms with Gasteiger partial charge in [0, 0.05) is 16.2 Å². The molecule has 1 heterocycles. The van der Waals surface area contributed by atoms with Gasteiger partial charge in [-0.3, -0.25) is 9.59 Å². The van der Waals surface area contributed by atoms with Gasteiger partial charge in [0.1, 0.15) is 5.00 Å². The van der Waals surface area contributed by atoms with E-state index in [4.69, 9.17) is 5.73 Å². The standard InChI is InChI=1S/C17H18N2O2S2/c1-22-9-10-5-7-11(8-6-10)16(21)19-17-14(15(18)20)12-3-2-4-13(12)23-17/h5-8H,2-4,9H2,1H3,(H2,18,20)(H,19,21). The van der Waals surface area contributed by atoms with Gasteiger partial charge in [-0.1, -0.05) is 12.1 Å². The van der Waals surface area contributed by atoms with Gasteiger partial charge < -0.3 is 11.1 Å². The summed E-state index contributed by atoms with van der Waals surface area (Å²) in [5, 5.41) is 3.45. The van der Waals surface area contributed by atoms with E-state index in [2.05, 4.69) is 5.32 Å². The second-order valence-corrected chi connectivity index (χ2v) is 7.48. The number of rotatable bonds is 5. The monoisotopic (exact) mass is 346 g/mol. The highest BCUT2D eigenvalue weighted by Gasteiger charge is 2.26. The number of benzene rings is 1. The Morgan fingerprint density at radius 3 is 2.65 bits per heavy atom. The molecule has 0 atom stereocenters. The zero-order chi connectivity index (χ0) is 16.4. The largest absolute Gasteiger partial charge is 0.365 e. The summed E-state index contributed by atoms with van der Waals surface area (Å²) < 4.78 is 0. The van der Waals surface area contributed by atoms with Gasteiger partial charge in [-0.05, 0) is 48.8 Å². The molecule has 0 spiro atoms. The molecule has 1 aromatic carbocycles. The molecule has 3 rings (SSSR count). The highest BCUT2D eigenvalue weighted by atomic mass is 32.2. The minimum Gasteiger partial charge on any atom is -0.365 e. The van der Waals surface area contributed by atoms with Gasteiger partial charge in [0.2, 0.25) is 0 Å². The van der Waals surface area contributed by atoms with E-state index in [1.54, 1.807) is 11.8 Å². The van der Waals surface area contributed by atoms with E-state index in [0.29, 0.717) is 16.1 Å². The van der Waals surface area contributed by atoms with Gasteiger partial charge in [0.15, 0.2) is 0 Å². The van der Waals surface area contributed by atoms with Crippen molar-refractivity contribution in [2.45, 2.75) is 25.0 Å². The van der Waals surface area contributed by atoms with E-state index in [-0.39, 0.29) is 5.91 Å². The first kappa shape index (κ1) is 16.1. The topological polar surface area (TPSA) is 72.2 Å². The average Bonchev–Trinajstić information content (AvgIpc) is 3.08. The van der Waals surface area contributed by atoms with Crippen molar-refractivity contribution in [1.29, 1.82) is 0 Å². The van der Waals surface area contributed by atoms with Crippen molar-refractivity contribution < 1.29 is 9.59 Å². The number of aryl methyl sites for hydroxylation is 1. The second-order valence-electron chi connectivity index (χ2n) is 5.51. The molecule has 0 aliphatic heterocycles. The number of nitrogens with two attached hydrogens (primary N) is 1. The van der Waals surface area contributed by atoms with Crippen molar-refractivity contribution in [3.05, 3.63) is 51.4 Å². The lowest BCUT2D eigenvalue weighted by Crippen LogP contribution is -2.17. The van der Waals surface area contributed by atoms with E-state index in [9.17, 15) is 9.59 Å². The van der Waals surface area contributed by atoms with E-state index in [1.165, 1.54) is 21.8 Å². The molecular formula is C17H18N2O2S2. The molecule has 1 aliphatic rings. The molecule has 0 fully saturated rings. The zero-order valence-electron chi connectivity index (χ0n) is 12.8. The third kappa shape index (κ3) is 3.28. The fourth-order valence-corrected chi connectivity index (χ4v) is 4.66. The van der Waals surface area contributed by atoms with Crippen molar-refractivity contribution >= 4 is 39.9 Å². The molecule has 0 unspecified atom stereocenters. The van der Waals surface area contributed by atoms with Crippen LogP contribution in [-0.4, -0.2) is 18.1 Å². The first-order chi connectivity index (χ1) is 11.1. The summed E-state index contributed by atoms with van der Waals surface area (Å²) in [4.78, 5) is 25.3. The maximum absolute atomic E-state index is 12.4. The summed E-state index contributed by atoms with van der Waals surface area (Å²) in [7, 11) is 0. The van der Waals surface area contributed by atoms with Crippen molar-refractivity contribution in [2.75, 3.05) is 11.6 Å². The predicted molar refractivity (Wildman–Crippen MR) is 96.5 cm³/mol. The highest BCUT2D eigenvalue weighted by Crippen LogP contribution is 2.39. The number of amides is 2. The molecule has 23 heavy (non-hydrogen) atoms. The van der Waals surface area contributed by atoms with Crippen LogP contribution in [0.1, 0.15) is 43.1 Å². The van der Waals surface area contributed by atoms with Crippen LogP contribution in [0.3, 0.4) is 0 Å². The summed E-state index contributed by atoms with van der Waals surface area (Å²) in [5.74, 6) is 0.254. The lowest BCUT2D eigenvalue weighted by atomic mass is 10.1. The summed E-state index contributed by atoms with van der Waals surface area (Å²) in [6.45, 7) is 0. The number of carbonyl (C=O) groups excluding carboxylic acids is 2. The number of hydrogen-bond acceptors (Lipinski definition) is 4. The maximum atomic E-state index is 12.4. The molecule has 6 heteroatoms. The summed E-state index contributed by atoms with van der Waals surface area (Å²) in [5.41, 5.74) is 8.80. The van der Waals surface area contributed by atoms with Crippen LogP contribution in [0.5, 0.6) is 0 Å². The minimum absolute atomic E-state index is 0.205. The quantitative estimate of drug-likeness (QED) is 0.871. The van der Waals surface area contributed by atoms with Gasteiger partial charge in [-0.15, -0.1) is 11.3 Å². The van der Waals surface area contributed by atoms with Crippen molar-refractivity contribution in [3.8, 4) is 0 Å². The van der Waals surface area contributed by atoms with Gasteiger partial charge in [-0.25, -0.2) is 0 Å². The van der Waals surface area contributed by atoms with Crippen molar-refractivity contribution in [3.63, 3.8) is 0 Å². The van der Waals surface area contributed by atoms with Crippen LogP contribution in [0.15, 0.2) is 24.3 Å². The normalized spacial score (nSPS) is 12.9. The fourth-order valence-electron chi connectivity index (χ4n) is 2.85. The maximum Gasteiger partial charge on any atom is 0.256 e. The number of primary amides is 1. The number of nitrogens with one attached hydrogen (secondary N) is 1. The Kier molecular flexibility index (Phi) is 4.73. The van der Waals surface area contributed by atoms with Crippen molar-refractivity contribution in [1.82, 2.24) is 0 Å². The predicted octanol–water partition coefficient (Wildman–Crippen LogP) is 3.45. The Hall–Kier alpha value is -1.79.